The summed E-state index contributed by atoms with van der Waals surface area (Å²) in [6.45, 7) is 6.67. The molecule has 1 saturated heterocycles. The molecule has 1 aliphatic heterocycles. The van der Waals surface area contributed by atoms with E-state index in [1.165, 1.54) is 11.3 Å². The van der Waals surface area contributed by atoms with Crippen molar-refractivity contribution in [1.82, 2.24) is 14.7 Å². The Balaban J connectivity index is 1.48. The Morgan fingerprint density at radius 1 is 1.28 bits per heavy atom. The number of benzene rings is 1. The Kier molecular flexibility index (Phi) is 5.53. The van der Waals surface area contributed by atoms with Crippen LogP contribution in [0.5, 0.6) is 0 Å². The van der Waals surface area contributed by atoms with Crippen LogP contribution in [-0.4, -0.2) is 40.2 Å². The highest BCUT2D eigenvalue weighted by molar-refractivity contribution is 5.92. The van der Waals surface area contributed by atoms with Gasteiger partial charge in [-0.25, -0.2) is 0 Å². The van der Waals surface area contributed by atoms with Crippen molar-refractivity contribution in [2.24, 2.45) is 7.05 Å². The molecule has 0 saturated carbocycles. The van der Waals surface area contributed by atoms with Crippen LogP contribution >= 0.6 is 0 Å². The van der Waals surface area contributed by atoms with E-state index < -0.39 is 0 Å². The number of carbonyl (C=O) groups is 1. The van der Waals surface area contributed by atoms with E-state index in [1.807, 2.05) is 30.1 Å². The Morgan fingerprint density at radius 2 is 2.04 bits per heavy atom. The molecule has 1 amide bonds. The summed E-state index contributed by atoms with van der Waals surface area (Å²) in [6, 6.07) is 10.2. The van der Waals surface area contributed by atoms with Crippen molar-refractivity contribution < 1.29 is 4.79 Å². The number of anilines is 1. The second kappa shape index (κ2) is 7.83. The highest BCUT2D eigenvalue weighted by atomic mass is 16.2. The fourth-order valence-corrected chi connectivity index (χ4v) is 3.42. The third-order valence-electron chi connectivity index (χ3n) is 4.94. The van der Waals surface area contributed by atoms with E-state index in [0.29, 0.717) is 18.4 Å². The van der Waals surface area contributed by atoms with Crippen molar-refractivity contribution in [3.63, 3.8) is 0 Å². The standard InChI is InChI=1S/C20H28N4O/c1-15(2)17-5-4-6-18(13-17)21-20(25)14-24-11-7-16(8-12-24)19-9-10-23(3)22-19/h4-6,9-10,13,15-16H,7-8,11-12,14H2,1-3H3,(H,21,25). The Labute approximate surface area is 150 Å². The minimum Gasteiger partial charge on any atom is -0.325 e. The van der Waals surface area contributed by atoms with Gasteiger partial charge in [0.2, 0.25) is 5.91 Å². The van der Waals surface area contributed by atoms with Crippen molar-refractivity contribution in [3.05, 3.63) is 47.8 Å². The average Bonchev–Trinajstić information content (AvgIpc) is 3.02. The molecule has 0 unspecified atom stereocenters. The van der Waals surface area contributed by atoms with Crippen LogP contribution in [0.15, 0.2) is 36.5 Å². The van der Waals surface area contributed by atoms with Crippen LogP contribution in [-0.2, 0) is 11.8 Å². The second-order valence-electron chi connectivity index (χ2n) is 7.29. The highest BCUT2D eigenvalue weighted by Crippen LogP contribution is 2.26. The van der Waals surface area contributed by atoms with Crippen LogP contribution in [0.3, 0.4) is 0 Å². The topological polar surface area (TPSA) is 50.2 Å². The molecule has 1 fully saturated rings. The molecule has 0 spiro atoms. The number of hydrogen-bond acceptors (Lipinski definition) is 3. The van der Waals surface area contributed by atoms with E-state index in [1.54, 1.807) is 0 Å². The number of likely N-dealkylation sites (tertiary alicyclic amines) is 1. The number of aromatic nitrogens is 2. The molecular weight excluding hydrogens is 312 g/mol. The summed E-state index contributed by atoms with van der Waals surface area (Å²) in [7, 11) is 1.96. The monoisotopic (exact) mass is 340 g/mol. The molecule has 1 aliphatic rings. The molecule has 1 aromatic carbocycles. The lowest BCUT2D eigenvalue weighted by Crippen LogP contribution is -2.38. The third-order valence-corrected chi connectivity index (χ3v) is 4.94. The van der Waals surface area contributed by atoms with Crippen LogP contribution < -0.4 is 5.32 Å². The molecule has 3 rings (SSSR count). The highest BCUT2D eigenvalue weighted by Gasteiger charge is 2.23. The average molecular weight is 340 g/mol. The Hall–Kier alpha value is -2.14. The summed E-state index contributed by atoms with van der Waals surface area (Å²) in [5.74, 6) is 1.04. The minimum absolute atomic E-state index is 0.0668. The summed E-state index contributed by atoms with van der Waals surface area (Å²) in [4.78, 5) is 14.6. The number of piperidine rings is 1. The quantitative estimate of drug-likeness (QED) is 0.908. The normalized spacial score (nSPS) is 16.3. The van der Waals surface area contributed by atoms with E-state index in [0.717, 1.165) is 31.6 Å². The lowest BCUT2D eigenvalue weighted by molar-refractivity contribution is -0.117. The second-order valence-corrected chi connectivity index (χ2v) is 7.29. The molecule has 2 aromatic rings. The maximum absolute atomic E-state index is 12.3. The maximum Gasteiger partial charge on any atom is 0.238 e. The predicted octanol–water partition coefficient (Wildman–Crippen LogP) is 3.36. The number of aryl methyl sites for hydroxylation is 1. The van der Waals surface area contributed by atoms with Gasteiger partial charge in [0.1, 0.15) is 0 Å². The Morgan fingerprint density at radius 3 is 2.68 bits per heavy atom. The summed E-state index contributed by atoms with van der Waals surface area (Å²) in [5.41, 5.74) is 3.31. The van der Waals surface area contributed by atoms with Gasteiger partial charge in [-0.2, -0.15) is 5.10 Å². The molecule has 5 heteroatoms. The minimum atomic E-state index is 0.0668. The molecular formula is C20H28N4O. The van der Waals surface area contributed by atoms with Gasteiger partial charge in [0.25, 0.3) is 0 Å². The zero-order valence-corrected chi connectivity index (χ0v) is 15.4. The van der Waals surface area contributed by atoms with Gasteiger partial charge in [-0.05, 0) is 55.6 Å². The largest absolute Gasteiger partial charge is 0.325 e. The molecule has 5 nitrogen and oxygen atoms in total. The van der Waals surface area contributed by atoms with Crippen LogP contribution in [0.1, 0.15) is 49.8 Å². The molecule has 25 heavy (non-hydrogen) atoms. The fourth-order valence-electron chi connectivity index (χ4n) is 3.42. The fraction of sp³-hybridized carbons (Fsp3) is 0.500. The van der Waals surface area contributed by atoms with Gasteiger partial charge in [0.05, 0.1) is 12.2 Å². The van der Waals surface area contributed by atoms with Gasteiger partial charge in [0.15, 0.2) is 0 Å². The first-order valence-corrected chi connectivity index (χ1v) is 9.13. The molecule has 0 bridgehead atoms. The van der Waals surface area contributed by atoms with E-state index in [-0.39, 0.29) is 5.91 Å². The number of nitrogens with one attached hydrogen (secondary N) is 1. The maximum atomic E-state index is 12.3. The number of nitrogens with zero attached hydrogens (tertiary/aromatic N) is 3. The number of hydrogen-bond donors (Lipinski definition) is 1. The van der Waals surface area contributed by atoms with Crippen molar-refractivity contribution in [1.29, 1.82) is 0 Å². The van der Waals surface area contributed by atoms with Crippen molar-refractivity contribution >= 4 is 11.6 Å². The van der Waals surface area contributed by atoms with Crippen LogP contribution in [0.4, 0.5) is 5.69 Å². The number of rotatable bonds is 5. The lowest BCUT2D eigenvalue weighted by Gasteiger charge is -2.30. The van der Waals surface area contributed by atoms with E-state index in [2.05, 4.69) is 47.4 Å². The first kappa shape index (κ1) is 17.7. The van der Waals surface area contributed by atoms with Crippen LogP contribution in [0, 0.1) is 0 Å². The summed E-state index contributed by atoms with van der Waals surface area (Å²) < 4.78 is 1.86. The van der Waals surface area contributed by atoms with Gasteiger partial charge in [-0.3, -0.25) is 14.4 Å². The van der Waals surface area contributed by atoms with Gasteiger partial charge < -0.3 is 5.32 Å². The van der Waals surface area contributed by atoms with Crippen molar-refractivity contribution in [2.45, 2.75) is 38.5 Å². The number of carbonyl (C=O) groups excluding carboxylic acids is 1. The Bertz CT molecular complexity index is 714. The molecule has 0 aliphatic carbocycles. The molecule has 1 aromatic heterocycles. The zero-order valence-electron chi connectivity index (χ0n) is 15.4. The van der Waals surface area contributed by atoms with Crippen LogP contribution in [0.2, 0.25) is 0 Å². The summed E-state index contributed by atoms with van der Waals surface area (Å²) in [6.07, 6.45) is 4.13. The summed E-state index contributed by atoms with van der Waals surface area (Å²) in [5, 5.41) is 7.55. The molecule has 0 atom stereocenters. The zero-order chi connectivity index (χ0) is 17.8. The van der Waals surface area contributed by atoms with Crippen molar-refractivity contribution in [3.8, 4) is 0 Å². The first-order valence-electron chi connectivity index (χ1n) is 9.13. The molecule has 0 radical (unpaired) electrons. The smallest absolute Gasteiger partial charge is 0.238 e. The molecule has 1 N–H and O–H groups in total. The third kappa shape index (κ3) is 4.69. The summed E-state index contributed by atoms with van der Waals surface area (Å²) >= 11 is 0. The predicted molar refractivity (Wildman–Crippen MR) is 101 cm³/mol. The lowest BCUT2D eigenvalue weighted by atomic mass is 9.94. The SMILES string of the molecule is CC(C)c1cccc(NC(=O)CN2CCC(c3ccn(C)n3)CC2)c1. The first-order chi connectivity index (χ1) is 12.0. The van der Waals surface area contributed by atoms with Gasteiger partial charge in [0, 0.05) is 24.8 Å². The molecule has 2 heterocycles. The van der Waals surface area contributed by atoms with Crippen LogP contribution in [0.25, 0.3) is 0 Å². The number of amides is 1. The molecule has 134 valence electrons. The van der Waals surface area contributed by atoms with E-state index >= 15 is 0 Å². The van der Waals surface area contributed by atoms with Gasteiger partial charge >= 0.3 is 0 Å². The van der Waals surface area contributed by atoms with Gasteiger partial charge in [-0.15, -0.1) is 0 Å². The van der Waals surface area contributed by atoms with E-state index in [4.69, 9.17) is 0 Å². The van der Waals surface area contributed by atoms with E-state index in [9.17, 15) is 4.79 Å². The van der Waals surface area contributed by atoms with Gasteiger partial charge in [-0.1, -0.05) is 26.0 Å². The van der Waals surface area contributed by atoms with Crippen molar-refractivity contribution in [2.75, 3.05) is 25.0 Å².